The number of benzene rings is 1. The van der Waals surface area contributed by atoms with Crippen molar-refractivity contribution in [1.29, 1.82) is 0 Å². The second kappa shape index (κ2) is 7.19. The first-order valence-electron chi connectivity index (χ1n) is 7.79. The molecule has 2 heterocycles. The van der Waals surface area contributed by atoms with Crippen LogP contribution < -0.4 is 0 Å². The predicted octanol–water partition coefficient (Wildman–Crippen LogP) is 2.66. The number of hydrogen-bond acceptors (Lipinski definition) is 4. The van der Waals surface area contributed by atoms with Crippen LogP contribution in [0.5, 0.6) is 0 Å². The van der Waals surface area contributed by atoms with E-state index < -0.39 is 0 Å². The minimum Gasteiger partial charge on any atom is -0.340 e. The molecule has 1 saturated heterocycles. The van der Waals surface area contributed by atoms with E-state index in [-0.39, 0.29) is 11.7 Å². The van der Waals surface area contributed by atoms with E-state index in [0.29, 0.717) is 23.4 Å². The molecule has 1 amide bonds. The van der Waals surface area contributed by atoms with Crippen molar-refractivity contribution < 1.29 is 9.18 Å². The van der Waals surface area contributed by atoms with Gasteiger partial charge in [-0.05, 0) is 25.6 Å². The molecule has 23 heavy (non-hydrogen) atoms. The summed E-state index contributed by atoms with van der Waals surface area (Å²) in [5, 5.41) is 2.59. The molecule has 1 aliphatic heterocycles. The Morgan fingerprint density at radius 3 is 2.74 bits per heavy atom. The number of aryl methyl sites for hydroxylation is 1. The maximum Gasteiger partial charge on any atom is 0.223 e. The summed E-state index contributed by atoms with van der Waals surface area (Å²) in [5.41, 5.74) is 1.38. The van der Waals surface area contributed by atoms with Crippen LogP contribution in [-0.2, 0) is 11.2 Å². The molecule has 0 aliphatic carbocycles. The number of rotatable bonds is 4. The average Bonchev–Trinajstić information content (AvgIpc) is 3.02. The zero-order valence-corrected chi connectivity index (χ0v) is 14.0. The molecule has 0 spiro atoms. The van der Waals surface area contributed by atoms with Crippen LogP contribution in [0.1, 0.15) is 12.1 Å². The Bertz CT molecular complexity index is 680. The lowest BCUT2D eigenvalue weighted by molar-refractivity contribution is -0.132. The first kappa shape index (κ1) is 16.1. The fraction of sp³-hybridized carbons (Fsp3) is 0.412. The van der Waals surface area contributed by atoms with Gasteiger partial charge in [0.1, 0.15) is 10.8 Å². The molecule has 0 bridgehead atoms. The van der Waals surface area contributed by atoms with Gasteiger partial charge in [-0.1, -0.05) is 12.1 Å². The molecule has 1 aromatic carbocycles. The zero-order chi connectivity index (χ0) is 16.2. The summed E-state index contributed by atoms with van der Waals surface area (Å²) in [5.74, 6) is -0.0829. The number of likely N-dealkylation sites (N-methyl/N-ethyl adjacent to an activating group) is 1. The van der Waals surface area contributed by atoms with Crippen molar-refractivity contribution in [3.63, 3.8) is 0 Å². The lowest BCUT2D eigenvalue weighted by Gasteiger charge is -2.32. The van der Waals surface area contributed by atoms with Crippen molar-refractivity contribution in [3.8, 4) is 10.6 Å². The second-order valence-corrected chi connectivity index (χ2v) is 6.67. The summed E-state index contributed by atoms with van der Waals surface area (Å²) in [7, 11) is 2.07. The number of piperazine rings is 1. The SMILES string of the molecule is CN1CCN(C(=O)CCc2csc(-c3ccccc3F)n2)CC1. The topological polar surface area (TPSA) is 36.4 Å². The molecule has 4 nitrogen and oxygen atoms in total. The minimum atomic E-state index is -0.262. The van der Waals surface area contributed by atoms with Crippen molar-refractivity contribution >= 4 is 17.2 Å². The Balaban J connectivity index is 1.57. The summed E-state index contributed by atoms with van der Waals surface area (Å²) in [4.78, 5) is 20.8. The van der Waals surface area contributed by atoms with Gasteiger partial charge in [-0.25, -0.2) is 9.37 Å². The minimum absolute atomic E-state index is 0.179. The fourth-order valence-electron chi connectivity index (χ4n) is 2.63. The Kier molecular flexibility index (Phi) is 5.03. The van der Waals surface area contributed by atoms with E-state index in [0.717, 1.165) is 31.9 Å². The highest BCUT2D eigenvalue weighted by Crippen LogP contribution is 2.26. The van der Waals surface area contributed by atoms with Crippen LogP contribution >= 0.6 is 11.3 Å². The third-order valence-corrected chi connectivity index (χ3v) is 5.03. The van der Waals surface area contributed by atoms with E-state index in [2.05, 4.69) is 16.9 Å². The van der Waals surface area contributed by atoms with Crippen molar-refractivity contribution in [1.82, 2.24) is 14.8 Å². The van der Waals surface area contributed by atoms with Gasteiger partial charge in [0.05, 0.1) is 5.69 Å². The normalized spacial score (nSPS) is 15.8. The van der Waals surface area contributed by atoms with Gasteiger partial charge in [0.2, 0.25) is 5.91 Å². The standard InChI is InChI=1S/C17H20FN3OS/c1-20-8-10-21(11-9-20)16(22)7-6-13-12-23-17(19-13)14-4-2-3-5-15(14)18/h2-5,12H,6-11H2,1H3. The van der Waals surface area contributed by atoms with Gasteiger partial charge >= 0.3 is 0 Å². The van der Waals surface area contributed by atoms with Crippen LogP contribution in [0.3, 0.4) is 0 Å². The number of halogens is 1. The highest BCUT2D eigenvalue weighted by Gasteiger charge is 2.19. The van der Waals surface area contributed by atoms with E-state index in [1.165, 1.54) is 17.4 Å². The zero-order valence-electron chi connectivity index (χ0n) is 13.2. The van der Waals surface area contributed by atoms with Gasteiger partial charge in [-0.3, -0.25) is 4.79 Å². The summed E-state index contributed by atoms with van der Waals surface area (Å²) in [6.45, 7) is 3.46. The number of nitrogens with zero attached hydrogens (tertiary/aromatic N) is 3. The van der Waals surface area contributed by atoms with Gasteiger partial charge in [0.25, 0.3) is 0 Å². The highest BCUT2D eigenvalue weighted by molar-refractivity contribution is 7.13. The van der Waals surface area contributed by atoms with Gasteiger partial charge in [-0.15, -0.1) is 11.3 Å². The molecule has 0 unspecified atom stereocenters. The van der Waals surface area contributed by atoms with Gasteiger partial charge in [0, 0.05) is 43.5 Å². The number of aromatic nitrogens is 1. The summed E-state index contributed by atoms with van der Waals surface area (Å²) in [6.07, 6.45) is 1.07. The Morgan fingerprint density at radius 2 is 2.00 bits per heavy atom. The molecule has 1 fully saturated rings. The number of hydrogen-bond donors (Lipinski definition) is 0. The van der Waals surface area contributed by atoms with Crippen LogP contribution in [0.2, 0.25) is 0 Å². The van der Waals surface area contributed by atoms with E-state index in [9.17, 15) is 9.18 Å². The monoisotopic (exact) mass is 333 g/mol. The average molecular weight is 333 g/mol. The first-order chi connectivity index (χ1) is 11.1. The molecule has 0 saturated carbocycles. The number of carbonyl (C=O) groups excluding carboxylic acids is 1. The molecule has 122 valence electrons. The maximum absolute atomic E-state index is 13.8. The quantitative estimate of drug-likeness (QED) is 0.863. The molecular formula is C17H20FN3OS. The Labute approximate surface area is 139 Å². The predicted molar refractivity (Wildman–Crippen MR) is 89.9 cm³/mol. The molecule has 6 heteroatoms. The van der Waals surface area contributed by atoms with E-state index in [1.807, 2.05) is 10.3 Å². The van der Waals surface area contributed by atoms with Gasteiger partial charge in [-0.2, -0.15) is 0 Å². The van der Waals surface area contributed by atoms with Crippen molar-refractivity contribution in [2.45, 2.75) is 12.8 Å². The number of amides is 1. The molecule has 0 N–H and O–H groups in total. The lowest BCUT2D eigenvalue weighted by atomic mass is 10.2. The largest absolute Gasteiger partial charge is 0.340 e. The van der Waals surface area contributed by atoms with Crippen LogP contribution in [0.4, 0.5) is 4.39 Å². The maximum atomic E-state index is 13.8. The molecule has 0 radical (unpaired) electrons. The summed E-state index contributed by atoms with van der Waals surface area (Å²) >= 11 is 1.42. The van der Waals surface area contributed by atoms with Crippen LogP contribution in [0, 0.1) is 5.82 Å². The lowest BCUT2D eigenvalue weighted by Crippen LogP contribution is -2.47. The summed E-state index contributed by atoms with van der Waals surface area (Å²) < 4.78 is 13.8. The smallest absolute Gasteiger partial charge is 0.223 e. The fourth-order valence-corrected chi connectivity index (χ4v) is 3.51. The highest BCUT2D eigenvalue weighted by atomic mass is 32.1. The Morgan fingerprint density at radius 1 is 1.26 bits per heavy atom. The van der Waals surface area contributed by atoms with Gasteiger partial charge < -0.3 is 9.80 Å². The molecule has 1 aromatic heterocycles. The molecular weight excluding hydrogens is 313 g/mol. The van der Waals surface area contributed by atoms with E-state index in [4.69, 9.17) is 0 Å². The molecule has 3 rings (SSSR count). The van der Waals surface area contributed by atoms with E-state index >= 15 is 0 Å². The van der Waals surface area contributed by atoms with Gasteiger partial charge in [0.15, 0.2) is 0 Å². The van der Waals surface area contributed by atoms with Crippen molar-refractivity contribution in [2.75, 3.05) is 33.2 Å². The molecule has 1 aliphatic rings. The van der Waals surface area contributed by atoms with Crippen LogP contribution in [-0.4, -0.2) is 53.9 Å². The van der Waals surface area contributed by atoms with Crippen LogP contribution in [0.25, 0.3) is 10.6 Å². The number of thiazole rings is 1. The van der Waals surface area contributed by atoms with E-state index in [1.54, 1.807) is 18.2 Å². The third-order valence-electron chi connectivity index (χ3n) is 4.11. The van der Waals surface area contributed by atoms with Crippen molar-refractivity contribution in [2.24, 2.45) is 0 Å². The Hall–Kier alpha value is -1.79. The summed E-state index contributed by atoms with van der Waals surface area (Å²) in [6, 6.07) is 6.64. The molecule has 0 atom stereocenters. The van der Waals surface area contributed by atoms with Crippen molar-refractivity contribution in [3.05, 3.63) is 41.2 Å². The molecule has 2 aromatic rings. The number of carbonyl (C=O) groups is 1. The van der Waals surface area contributed by atoms with Crippen LogP contribution in [0.15, 0.2) is 29.6 Å². The third kappa shape index (κ3) is 3.95. The second-order valence-electron chi connectivity index (χ2n) is 5.81. The first-order valence-corrected chi connectivity index (χ1v) is 8.67.